The van der Waals surface area contributed by atoms with Crippen LogP contribution in [-0.2, 0) is 14.9 Å². The zero-order chi connectivity index (χ0) is 21.6. The molecule has 0 aliphatic carbocycles. The Morgan fingerprint density at radius 2 is 1.41 bits per heavy atom. The highest BCUT2D eigenvalue weighted by Crippen LogP contribution is 2.50. The van der Waals surface area contributed by atoms with Crippen molar-refractivity contribution >= 4 is 56.5 Å². The van der Waals surface area contributed by atoms with E-state index >= 15 is 0 Å². The first-order valence-corrected chi connectivity index (χ1v) is 10.8. The first-order valence-electron chi connectivity index (χ1n) is 7.89. The molecule has 5 nitrogen and oxygen atoms in total. The summed E-state index contributed by atoms with van der Waals surface area (Å²) in [5, 5.41) is 20.0. The summed E-state index contributed by atoms with van der Waals surface area (Å²) in [6, 6.07) is 11.7. The fourth-order valence-electron chi connectivity index (χ4n) is 3.18. The number of rotatable bonds is 4. The minimum atomic E-state index is -5.06. The molecule has 0 saturated carbocycles. The summed E-state index contributed by atoms with van der Waals surface area (Å²) >= 11 is 24.3. The molecule has 152 valence electrons. The van der Waals surface area contributed by atoms with Gasteiger partial charge < -0.3 is 10.2 Å². The van der Waals surface area contributed by atoms with E-state index in [2.05, 4.69) is 0 Å². The summed E-state index contributed by atoms with van der Waals surface area (Å²) < 4.78 is 34.0. The zero-order valence-corrected chi connectivity index (χ0v) is 18.1. The fraction of sp³-hybridized carbons (Fsp3) is 0.0526. The maximum atomic E-state index is 13.0. The van der Waals surface area contributed by atoms with Crippen LogP contribution in [-0.4, -0.2) is 23.2 Å². The second-order valence-electron chi connectivity index (χ2n) is 6.12. The molecule has 1 atom stereocenters. The lowest BCUT2D eigenvalue weighted by Crippen LogP contribution is -2.38. The van der Waals surface area contributed by atoms with E-state index in [0.29, 0.717) is 0 Å². The molecule has 0 fully saturated rings. The van der Waals surface area contributed by atoms with Crippen molar-refractivity contribution in [3.63, 3.8) is 0 Å². The van der Waals surface area contributed by atoms with E-state index in [1.807, 2.05) is 0 Å². The van der Waals surface area contributed by atoms with Gasteiger partial charge in [-0.1, -0.05) is 64.6 Å². The maximum Gasteiger partial charge on any atom is 0.283 e. The Hall–Kier alpha value is -1.67. The van der Waals surface area contributed by atoms with Gasteiger partial charge in [0.05, 0.1) is 10.0 Å². The Balaban J connectivity index is 2.60. The zero-order valence-electron chi connectivity index (χ0n) is 14.3. The number of halogens is 4. The van der Waals surface area contributed by atoms with E-state index in [0.717, 1.165) is 12.1 Å². The van der Waals surface area contributed by atoms with Crippen molar-refractivity contribution in [3.8, 4) is 11.5 Å². The SMILES string of the molecule is O=S(=O)(O)C(c1cccc(Cl)c1)(c1ccc(Cl)c(O)c1)c1cc(Cl)cc(O)c1Cl. The van der Waals surface area contributed by atoms with Gasteiger partial charge in [-0.15, -0.1) is 0 Å². The summed E-state index contributed by atoms with van der Waals surface area (Å²) in [7, 11) is -5.06. The molecule has 3 aromatic carbocycles. The lowest BCUT2D eigenvalue weighted by molar-refractivity contribution is 0.455. The van der Waals surface area contributed by atoms with Crippen LogP contribution in [0, 0.1) is 0 Å². The monoisotopic (exact) mass is 492 g/mol. The van der Waals surface area contributed by atoms with Crippen molar-refractivity contribution in [2.75, 3.05) is 0 Å². The average Bonchev–Trinajstić information content (AvgIpc) is 2.61. The van der Waals surface area contributed by atoms with Crippen LogP contribution in [0.1, 0.15) is 16.7 Å². The van der Waals surface area contributed by atoms with Crippen LogP contribution >= 0.6 is 46.4 Å². The van der Waals surface area contributed by atoms with Crippen molar-refractivity contribution < 1.29 is 23.2 Å². The van der Waals surface area contributed by atoms with Gasteiger partial charge in [0.25, 0.3) is 10.1 Å². The van der Waals surface area contributed by atoms with Gasteiger partial charge in [0.2, 0.25) is 0 Å². The molecule has 3 aromatic rings. The van der Waals surface area contributed by atoms with E-state index in [9.17, 15) is 23.2 Å². The van der Waals surface area contributed by atoms with Gasteiger partial charge >= 0.3 is 0 Å². The van der Waals surface area contributed by atoms with E-state index in [4.69, 9.17) is 46.4 Å². The maximum absolute atomic E-state index is 13.0. The van der Waals surface area contributed by atoms with Crippen LogP contribution in [0.2, 0.25) is 20.1 Å². The van der Waals surface area contributed by atoms with E-state index in [1.165, 1.54) is 42.5 Å². The Kier molecular flexibility index (Phi) is 5.98. The molecule has 0 aliphatic heterocycles. The molecule has 3 rings (SSSR count). The van der Waals surface area contributed by atoms with E-state index < -0.39 is 26.4 Å². The molecule has 29 heavy (non-hydrogen) atoms. The van der Waals surface area contributed by atoms with Crippen LogP contribution < -0.4 is 0 Å². The molecule has 0 saturated heterocycles. The quantitative estimate of drug-likeness (QED) is 0.311. The highest BCUT2D eigenvalue weighted by atomic mass is 35.5. The normalized spacial score (nSPS) is 13.8. The van der Waals surface area contributed by atoms with Crippen molar-refractivity contribution in [3.05, 3.63) is 91.4 Å². The van der Waals surface area contributed by atoms with Gasteiger partial charge in [0.15, 0.2) is 4.75 Å². The van der Waals surface area contributed by atoms with Crippen LogP contribution in [0.25, 0.3) is 0 Å². The second-order valence-corrected chi connectivity index (χ2v) is 9.34. The molecular weight excluding hydrogens is 482 g/mol. The second kappa shape index (κ2) is 7.87. The van der Waals surface area contributed by atoms with Gasteiger partial charge in [0.1, 0.15) is 11.5 Å². The molecule has 0 radical (unpaired) electrons. The number of hydrogen-bond donors (Lipinski definition) is 3. The molecule has 1 unspecified atom stereocenters. The minimum Gasteiger partial charge on any atom is -0.506 e. The van der Waals surface area contributed by atoms with Crippen LogP contribution in [0.4, 0.5) is 0 Å². The number of benzene rings is 3. The van der Waals surface area contributed by atoms with Crippen LogP contribution in [0.5, 0.6) is 11.5 Å². The number of phenols is 2. The summed E-state index contributed by atoms with van der Waals surface area (Å²) in [6.07, 6.45) is 0. The molecule has 0 aromatic heterocycles. The Morgan fingerprint density at radius 1 is 0.759 bits per heavy atom. The first-order chi connectivity index (χ1) is 13.5. The molecule has 10 heteroatoms. The van der Waals surface area contributed by atoms with Crippen LogP contribution in [0.3, 0.4) is 0 Å². The summed E-state index contributed by atoms with van der Waals surface area (Å²) in [6.45, 7) is 0. The predicted molar refractivity (Wildman–Crippen MR) is 114 cm³/mol. The summed E-state index contributed by atoms with van der Waals surface area (Å²) in [5.74, 6) is -0.927. The third kappa shape index (κ3) is 3.77. The lowest BCUT2D eigenvalue weighted by Gasteiger charge is -2.33. The third-order valence-electron chi connectivity index (χ3n) is 4.37. The molecule has 0 amide bonds. The molecule has 0 bridgehead atoms. The number of phenolic OH excluding ortho intramolecular Hbond substituents is 2. The minimum absolute atomic E-state index is 0.00205. The van der Waals surface area contributed by atoms with Crippen LogP contribution in [0.15, 0.2) is 54.6 Å². The molecule has 0 spiro atoms. The highest BCUT2D eigenvalue weighted by Gasteiger charge is 2.50. The van der Waals surface area contributed by atoms with Gasteiger partial charge in [-0.05, 0) is 41.5 Å². The third-order valence-corrected chi connectivity index (χ3v) is 7.00. The Bertz CT molecular complexity index is 1210. The van der Waals surface area contributed by atoms with E-state index in [-0.39, 0.29) is 36.8 Å². The molecule has 0 heterocycles. The topological polar surface area (TPSA) is 94.8 Å². The smallest absolute Gasteiger partial charge is 0.283 e. The molecule has 0 aliphatic rings. The van der Waals surface area contributed by atoms with Gasteiger partial charge in [-0.2, -0.15) is 8.42 Å². The van der Waals surface area contributed by atoms with Gasteiger partial charge in [-0.25, -0.2) is 0 Å². The summed E-state index contributed by atoms with van der Waals surface area (Å²) in [5.41, 5.74) is -0.346. The van der Waals surface area contributed by atoms with Crippen molar-refractivity contribution in [1.82, 2.24) is 0 Å². The molecular formula is C19H12Cl4O5S. The van der Waals surface area contributed by atoms with Crippen molar-refractivity contribution in [2.24, 2.45) is 0 Å². The lowest BCUT2D eigenvalue weighted by atomic mass is 9.83. The van der Waals surface area contributed by atoms with E-state index in [1.54, 1.807) is 0 Å². The van der Waals surface area contributed by atoms with Gasteiger partial charge in [0, 0.05) is 21.7 Å². The largest absolute Gasteiger partial charge is 0.506 e. The fourth-order valence-corrected chi connectivity index (χ4v) is 5.30. The standard InChI is InChI=1S/C19H12Cl4O5S/c20-12-3-1-2-10(6-12)19(29(26,27)28,11-4-5-15(22)16(24)7-11)14-8-13(21)9-17(25)18(14)23/h1-9,24-25H,(H,26,27,28). The van der Waals surface area contributed by atoms with Crippen molar-refractivity contribution in [2.45, 2.75) is 4.75 Å². The van der Waals surface area contributed by atoms with Gasteiger partial charge in [-0.3, -0.25) is 4.55 Å². The Morgan fingerprint density at radius 3 is 2.00 bits per heavy atom. The predicted octanol–water partition coefficient (Wildman–Crippen LogP) is 5.89. The van der Waals surface area contributed by atoms with Crippen molar-refractivity contribution in [1.29, 1.82) is 0 Å². The summed E-state index contributed by atoms with van der Waals surface area (Å²) in [4.78, 5) is 0. The highest BCUT2D eigenvalue weighted by molar-refractivity contribution is 7.87. The average molecular weight is 494 g/mol. The molecule has 3 N–H and O–H groups in total. The number of hydrogen-bond acceptors (Lipinski definition) is 4. The number of aromatic hydroxyl groups is 2. The first kappa shape index (κ1) is 22.0. The Labute approximate surface area is 186 Å².